The number of rotatable bonds is 7. The molecule has 3 aromatic rings. The van der Waals surface area contributed by atoms with Crippen molar-refractivity contribution in [2.75, 3.05) is 13.2 Å². The van der Waals surface area contributed by atoms with E-state index in [-0.39, 0.29) is 5.91 Å². The lowest BCUT2D eigenvalue weighted by Crippen LogP contribution is -2.38. The van der Waals surface area contributed by atoms with E-state index in [1.54, 1.807) is 6.92 Å². The molecule has 0 spiro atoms. The van der Waals surface area contributed by atoms with Crippen molar-refractivity contribution in [3.8, 4) is 11.5 Å². The molecule has 3 rings (SSSR count). The molecule has 3 aromatic carbocycles. The zero-order chi connectivity index (χ0) is 18.4. The van der Waals surface area contributed by atoms with Crippen LogP contribution in [0.1, 0.15) is 12.5 Å². The van der Waals surface area contributed by atoms with Gasteiger partial charge in [-0.25, -0.2) is 0 Å². The van der Waals surface area contributed by atoms with Gasteiger partial charge in [-0.05, 0) is 36.9 Å². The van der Waals surface area contributed by atoms with E-state index in [0.717, 1.165) is 27.8 Å². The van der Waals surface area contributed by atoms with E-state index in [4.69, 9.17) is 9.47 Å². The minimum absolute atomic E-state index is 0.158. The van der Waals surface area contributed by atoms with Gasteiger partial charge in [-0.3, -0.25) is 4.79 Å². The first-order valence-corrected chi connectivity index (χ1v) is 8.76. The highest BCUT2D eigenvalue weighted by Gasteiger charge is 2.15. The summed E-state index contributed by atoms with van der Waals surface area (Å²) in [6, 6.07) is 21.7. The van der Waals surface area contributed by atoms with E-state index in [9.17, 15) is 4.79 Å². The van der Waals surface area contributed by atoms with Crippen molar-refractivity contribution in [3.05, 3.63) is 72.3 Å². The molecule has 0 aromatic heterocycles. The molecule has 134 valence electrons. The molecule has 1 N–H and O–H groups in total. The van der Waals surface area contributed by atoms with E-state index in [0.29, 0.717) is 13.2 Å². The molecule has 0 unspecified atom stereocenters. The first-order chi connectivity index (χ1) is 12.6. The topological polar surface area (TPSA) is 47.6 Å². The minimum Gasteiger partial charge on any atom is -0.491 e. The Bertz CT molecular complexity index is 886. The van der Waals surface area contributed by atoms with Crippen molar-refractivity contribution in [1.82, 2.24) is 5.32 Å². The Morgan fingerprint density at radius 3 is 2.50 bits per heavy atom. The van der Waals surface area contributed by atoms with Gasteiger partial charge in [0.1, 0.15) is 18.1 Å². The van der Waals surface area contributed by atoms with Gasteiger partial charge in [-0.15, -0.1) is 0 Å². The van der Waals surface area contributed by atoms with Crippen LogP contribution in [0.3, 0.4) is 0 Å². The van der Waals surface area contributed by atoms with Crippen LogP contribution in [0.15, 0.2) is 66.7 Å². The lowest BCUT2D eigenvalue weighted by molar-refractivity contribution is -0.127. The van der Waals surface area contributed by atoms with Crippen molar-refractivity contribution in [2.45, 2.75) is 20.0 Å². The third-order valence-corrected chi connectivity index (χ3v) is 4.18. The fraction of sp³-hybridized carbons (Fsp3) is 0.227. The highest BCUT2D eigenvalue weighted by atomic mass is 16.5. The smallest absolute Gasteiger partial charge is 0.260 e. The number of fused-ring (bicyclic) bond motifs is 1. The van der Waals surface area contributed by atoms with Crippen molar-refractivity contribution in [1.29, 1.82) is 0 Å². The van der Waals surface area contributed by atoms with E-state index in [2.05, 4.69) is 17.4 Å². The lowest BCUT2D eigenvalue weighted by Gasteiger charge is -2.16. The molecule has 4 nitrogen and oxygen atoms in total. The van der Waals surface area contributed by atoms with Gasteiger partial charge >= 0.3 is 0 Å². The molecule has 0 radical (unpaired) electrons. The molecular weight excluding hydrogens is 326 g/mol. The molecule has 0 aliphatic heterocycles. The first-order valence-electron chi connectivity index (χ1n) is 8.76. The number of benzene rings is 3. The summed E-state index contributed by atoms with van der Waals surface area (Å²) in [5.41, 5.74) is 1.01. The summed E-state index contributed by atoms with van der Waals surface area (Å²) in [5, 5.41) is 5.05. The second-order valence-electron chi connectivity index (χ2n) is 6.14. The third kappa shape index (κ3) is 4.33. The molecular formula is C22H23NO3. The number of ether oxygens (including phenoxy) is 2. The monoisotopic (exact) mass is 349 g/mol. The van der Waals surface area contributed by atoms with E-state index >= 15 is 0 Å². The maximum Gasteiger partial charge on any atom is 0.260 e. The molecule has 0 saturated carbocycles. The molecule has 1 atom stereocenters. The predicted octanol–water partition coefficient (Wildman–Crippen LogP) is 4.11. The zero-order valence-corrected chi connectivity index (χ0v) is 15.1. The molecule has 0 fully saturated rings. The van der Waals surface area contributed by atoms with Crippen LogP contribution in [0.2, 0.25) is 0 Å². The second kappa shape index (κ2) is 8.39. The van der Waals surface area contributed by atoms with E-state index in [1.165, 1.54) is 0 Å². The van der Waals surface area contributed by atoms with Crippen molar-refractivity contribution in [3.63, 3.8) is 0 Å². The summed E-state index contributed by atoms with van der Waals surface area (Å²) in [6.45, 7) is 4.52. The molecule has 0 aliphatic rings. The van der Waals surface area contributed by atoms with Crippen LogP contribution in [-0.4, -0.2) is 25.2 Å². The Hall–Kier alpha value is -3.01. The number of hydrogen-bond donors (Lipinski definition) is 1. The molecule has 0 bridgehead atoms. The molecule has 0 heterocycles. The number of amides is 1. The average molecular weight is 349 g/mol. The molecule has 4 heteroatoms. The number of carbonyl (C=O) groups excluding carboxylic acids is 1. The van der Waals surface area contributed by atoms with E-state index in [1.807, 2.05) is 61.5 Å². The summed E-state index contributed by atoms with van der Waals surface area (Å²) in [4.78, 5) is 12.2. The van der Waals surface area contributed by atoms with Crippen LogP contribution >= 0.6 is 0 Å². The van der Waals surface area contributed by atoms with Crippen molar-refractivity contribution < 1.29 is 14.3 Å². The normalized spacial score (nSPS) is 11.8. The Morgan fingerprint density at radius 1 is 0.962 bits per heavy atom. The summed E-state index contributed by atoms with van der Waals surface area (Å²) >= 11 is 0. The number of hydrogen-bond acceptors (Lipinski definition) is 3. The largest absolute Gasteiger partial charge is 0.491 e. The quantitative estimate of drug-likeness (QED) is 0.653. The molecule has 0 saturated heterocycles. The van der Waals surface area contributed by atoms with Crippen LogP contribution in [0, 0.1) is 6.92 Å². The molecule has 1 amide bonds. The second-order valence-corrected chi connectivity index (χ2v) is 6.14. The Balaban J connectivity index is 1.48. The number of aryl methyl sites for hydroxylation is 1. The SMILES string of the molecule is Cc1ccccc1O[C@H](C)C(=O)NCCOc1cccc2ccccc12. The van der Waals surface area contributed by atoms with Crippen LogP contribution in [-0.2, 0) is 4.79 Å². The Labute approximate surface area is 153 Å². The Morgan fingerprint density at radius 2 is 1.65 bits per heavy atom. The summed E-state index contributed by atoms with van der Waals surface area (Å²) in [5.74, 6) is 1.39. The summed E-state index contributed by atoms with van der Waals surface area (Å²) < 4.78 is 11.6. The third-order valence-electron chi connectivity index (χ3n) is 4.18. The highest BCUT2D eigenvalue weighted by Crippen LogP contribution is 2.24. The van der Waals surface area contributed by atoms with Gasteiger partial charge in [0.2, 0.25) is 0 Å². The maximum atomic E-state index is 12.2. The van der Waals surface area contributed by atoms with Gasteiger partial charge in [0.25, 0.3) is 5.91 Å². The van der Waals surface area contributed by atoms with Crippen LogP contribution in [0.25, 0.3) is 10.8 Å². The molecule has 0 aliphatic carbocycles. The summed E-state index contributed by atoms with van der Waals surface area (Å²) in [6.07, 6.45) is -0.561. The van der Waals surface area contributed by atoms with Gasteiger partial charge in [0.15, 0.2) is 6.10 Å². The minimum atomic E-state index is -0.561. The molecule has 26 heavy (non-hydrogen) atoms. The standard InChI is InChI=1S/C22H23NO3/c1-16-8-3-6-12-20(16)26-17(2)22(24)23-14-15-25-21-13-7-10-18-9-4-5-11-19(18)21/h3-13,17H,14-15H2,1-2H3,(H,23,24)/t17-/m1/s1. The van der Waals surface area contributed by atoms with Gasteiger partial charge in [-0.1, -0.05) is 54.6 Å². The van der Waals surface area contributed by atoms with Gasteiger partial charge in [0, 0.05) is 5.39 Å². The van der Waals surface area contributed by atoms with E-state index < -0.39 is 6.10 Å². The lowest BCUT2D eigenvalue weighted by atomic mass is 10.1. The maximum absolute atomic E-state index is 12.2. The van der Waals surface area contributed by atoms with Gasteiger partial charge in [0.05, 0.1) is 6.54 Å². The predicted molar refractivity (Wildman–Crippen MR) is 104 cm³/mol. The number of para-hydroxylation sites is 1. The van der Waals surface area contributed by atoms with Crippen LogP contribution < -0.4 is 14.8 Å². The zero-order valence-electron chi connectivity index (χ0n) is 15.1. The van der Waals surface area contributed by atoms with Crippen molar-refractivity contribution in [2.24, 2.45) is 0 Å². The van der Waals surface area contributed by atoms with Crippen LogP contribution in [0.5, 0.6) is 11.5 Å². The highest BCUT2D eigenvalue weighted by molar-refractivity contribution is 5.88. The van der Waals surface area contributed by atoms with Crippen molar-refractivity contribution >= 4 is 16.7 Å². The summed E-state index contributed by atoms with van der Waals surface area (Å²) in [7, 11) is 0. The van der Waals surface area contributed by atoms with Gasteiger partial charge < -0.3 is 14.8 Å². The Kier molecular flexibility index (Phi) is 5.74. The first kappa shape index (κ1) is 17.8. The number of carbonyl (C=O) groups is 1. The average Bonchev–Trinajstić information content (AvgIpc) is 2.67. The number of nitrogens with one attached hydrogen (secondary N) is 1. The van der Waals surface area contributed by atoms with Gasteiger partial charge in [-0.2, -0.15) is 0 Å². The fourth-order valence-corrected chi connectivity index (χ4v) is 2.73. The fourth-order valence-electron chi connectivity index (χ4n) is 2.73. The van der Waals surface area contributed by atoms with Crippen LogP contribution in [0.4, 0.5) is 0 Å².